The minimum atomic E-state index is -0.790. The van der Waals surface area contributed by atoms with E-state index in [1.807, 2.05) is 36.1 Å². The molecule has 0 spiro atoms. The van der Waals surface area contributed by atoms with Crippen molar-refractivity contribution in [3.63, 3.8) is 0 Å². The Hall–Kier alpha value is -2.27. The van der Waals surface area contributed by atoms with Crippen LogP contribution in [0, 0.1) is 12.7 Å². The van der Waals surface area contributed by atoms with Crippen LogP contribution in [0.1, 0.15) is 21.5 Å². The van der Waals surface area contributed by atoms with Gasteiger partial charge in [0.25, 0.3) is 0 Å². The van der Waals surface area contributed by atoms with Crippen LogP contribution in [0.5, 0.6) is 5.75 Å². The first kappa shape index (κ1) is 16.6. The third-order valence-corrected chi connectivity index (χ3v) is 4.25. The van der Waals surface area contributed by atoms with Gasteiger partial charge in [0.15, 0.2) is 5.82 Å². The zero-order valence-electron chi connectivity index (χ0n) is 13.4. The van der Waals surface area contributed by atoms with Gasteiger partial charge in [-0.2, -0.15) is 0 Å². The zero-order valence-corrected chi connectivity index (χ0v) is 14.2. The van der Waals surface area contributed by atoms with E-state index in [0.29, 0.717) is 31.1 Å². The Morgan fingerprint density at radius 2 is 2.08 bits per heavy atom. The maximum absolute atomic E-state index is 14.5. The highest BCUT2D eigenvalue weighted by Crippen LogP contribution is 2.41. The minimum absolute atomic E-state index is 0.161. The summed E-state index contributed by atoms with van der Waals surface area (Å²) >= 11 is 5.90. The molecule has 1 heterocycles. The number of anilines is 1. The second-order valence-corrected chi connectivity index (χ2v) is 6.05. The minimum Gasteiger partial charge on any atom is -0.489 e. The Kier molecular flexibility index (Phi) is 4.62. The van der Waals surface area contributed by atoms with E-state index in [1.165, 1.54) is 13.2 Å². The van der Waals surface area contributed by atoms with Crippen LogP contribution in [0.4, 0.5) is 10.1 Å². The maximum Gasteiger partial charge on any atom is 0.343 e. The second kappa shape index (κ2) is 6.69. The Morgan fingerprint density at radius 1 is 1.38 bits per heavy atom. The van der Waals surface area contributed by atoms with E-state index in [1.54, 1.807) is 0 Å². The zero-order chi connectivity index (χ0) is 17.3. The number of hydrogen-bond acceptors (Lipinski definition) is 4. The van der Waals surface area contributed by atoms with Gasteiger partial charge >= 0.3 is 5.97 Å². The van der Waals surface area contributed by atoms with Crippen molar-refractivity contribution in [2.45, 2.75) is 13.5 Å². The van der Waals surface area contributed by atoms with Crippen LogP contribution >= 0.6 is 11.6 Å². The summed E-state index contributed by atoms with van der Waals surface area (Å²) in [6.45, 7) is 3.51. The molecule has 0 N–H and O–H groups in total. The molecule has 0 atom stereocenters. The molecule has 0 amide bonds. The summed E-state index contributed by atoms with van der Waals surface area (Å²) < 4.78 is 24.8. The van der Waals surface area contributed by atoms with Gasteiger partial charge in [-0.1, -0.05) is 41.4 Å². The van der Waals surface area contributed by atoms with Crippen LogP contribution in [0.2, 0.25) is 5.02 Å². The SMILES string of the molecule is COC(=O)c1c(F)c(Cl)cc2c1N(Cc1ccc(C)cc1)CCO2. The first-order chi connectivity index (χ1) is 11.5. The number of nitrogens with zero attached hydrogens (tertiary/aromatic N) is 1. The quantitative estimate of drug-likeness (QED) is 0.786. The first-order valence-electron chi connectivity index (χ1n) is 7.55. The lowest BCUT2D eigenvalue weighted by Gasteiger charge is -2.33. The highest BCUT2D eigenvalue weighted by Gasteiger charge is 2.30. The van der Waals surface area contributed by atoms with Crippen molar-refractivity contribution in [2.24, 2.45) is 0 Å². The number of benzene rings is 2. The summed E-state index contributed by atoms with van der Waals surface area (Å²) in [5.41, 5.74) is 2.41. The highest BCUT2D eigenvalue weighted by molar-refractivity contribution is 6.31. The fourth-order valence-electron chi connectivity index (χ4n) is 2.76. The predicted octanol–water partition coefficient (Wildman–Crippen LogP) is 3.97. The van der Waals surface area contributed by atoms with E-state index in [9.17, 15) is 9.18 Å². The van der Waals surface area contributed by atoms with Gasteiger partial charge in [-0.05, 0) is 12.5 Å². The largest absolute Gasteiger partial charge is 0.489 e. The molecule has 4 nitrogen and oxygen atoms in total. The van der Waals surface area contributed by atoms with Crippen molar-refractivity contribution in [1.29, 1.82) is 0 Å². The molecule has 0 saturated heterocycles. The Morgan fingerprint density at radius 3 is 2.75 bits per heavy atom. The molecule has 0 radical (unpaired) electrons. The van der Waals surface area contributed by atoms with Gasteiger partial charge in [0.2, 0.25) is 0 Å². The summed E-state index contributed by atoms with van der Waals surface area (Å²) in [6.07, 6.45) is 0. The number of rotatable bonds is 3. The number of ether oxygens (including phenoxy) is 2. The Bertz CT molecular complexity index is 777. The molecular weight excluding hydrogens is 333 g/mol. The number of carbonyl (C=O) groups excluding carboxylic acids is 1. The van der Waals surface area contributed by atoms with Crippen LogP contribution in [-0.2, 0) is 11.3 Å². The second-order valence-electron chi connectivity index (χ2n) is 5.64. The van der Waals surface area contributed by atoms with E-state index >= 15 is 0 Å². The van der Waals surface area contributed by atoms with Crippen LogP contribution in [-0.4, -0.2) is 26.2 Å². The first-order valence-corrected chi connectivity index (χ1v) is 7.92. The molecule has 0 bridgehead atoms. The number of fused-ring (bicyclic) bond motifs is 1. The number of aryl methyl sites for hydroxylation is 1. The molecule has 0 fully saturated rings. The molecule has 2 aromatic carbocycles. The molecule has 0 aromatic heterocycles. The average molecular weight is 350 g/mol. The number of hydrogen-bond donors (Lipinski definition) is 0. The van der Waals surface area contributed by atoms with Crippen molar-refractivity contribution in [1.82, 2.24) is 0 Å². The van der Waals surface area contributed by atoms with Gasteiger partial charge in [0.05, 0.1) is 24.4 Å². The van der Waals surface area contributed by atoms with Crippen molar-refractivity contribution < 1.29 is 18.7 Å². The predicted molar refractivity (Wildman–Crippen MR) is 90.5 cm³/mol. The van der Waals surface area contributed by atoms with Gasteiger partial charge in [-0.15, -0.1) is 0 Å². The molecule has 6 heteroatoms. The molecule has 24 heavy (non-hydrogen) atoms. The van der Waals surface area contributed by atoms with E-state index in [0.717, 1.165) is 11.1 Å². The van der Waals surface area contributed by atoms with Crippen molar-refractivity contribution in [2.75, 3.05) is 25.2 Å². The van der Waals surface area contributed by atoms with E-state index < -0.39 is 11.8 Å². The summed E-state index contributed by atoms with van der Waals surface area (Å²) in [5, 5.41) is -0.161. The number of carbonyl (C=O) groups is 1. The summed E-state index contributed by atoms with van der Waals surface area (Å²) in [4.78, 5) is 14.0. The molecule has 0 aliphatic carbocycles. The van der Waals surface area contributed by atoms with Crippen molar-refractivity contribution in [3.8, 4) is 5.75 Å². The molecule has 0 unspecified atom stereocenters. The molecule has 126 valence electrons. The molecule has 3 rings (SSSR count). The van der Waals surface area contributed by atoms with Crippen LogP contribution in [0.25, 0.3) is 0 Å². The topological polar surface area (TPSA) is 38.8 Å². The summed E-state index contributed by atoms with van der Waals surface area (Å²) in [5.74, 6) is -1.17. The Balaban J connectivity index is 2.06. The summed E-state index contributed by atoms with van der Waals surface area (Å²) in [6, 6.07) is 9.45. The fourth-order valence-corrected chi connectivity index (χ4v) is 2.95. The lowest BCUT2D eigenvalue weighted by atomic mass is 10.1. The Labute approximate surface area is 144 Å². The van der Waals surface area contributed by atoms with Gasteiger partial charge in [-0.3, -0.25) is 0 Å². The fraction of sp³-hybridized carbons (Fsp3) is 0.278. The van der Waals surface area contributed by atoms with Crippen molar-refractivity contribution in [3.05, 3.63) is 57.9 Å². The van der Waals surface area contributed by atoms with E-state index in [4.69, 9.17) is 21.1 Å². The standard InChI is InChI=1S/C18H17ClFNO3/c1-11-3-5-12(6-4-11)10-21-7-8-24-14-9-13(19)16(20)15(17(14)21)18(22)23-2/h3-6,9H,7-8,10H2,1-2H3. The van der Waals surface area contributed by atoms with Gasteiger partial charge in [0, 0.05) is 12.6 Å². The molecule has 0 saturated carbocycles. The number of halogens is 2. The monoisotopic (exact) mass is 349 g/mol. The summed E-state index contributed by atoms with van der Waals surface area (Å²) in [7, 11) is 1.21. The van der Waals surface area contributed by atoms with Crippen LogP contribution < -0.4 is 9.64 Å². The third kappa shape index (κ3) is 3.04. The average Bonchev–Trinajstić information content (AvgIpc) is 2.58. The highest BCUT2D eigenvalue weighted by atomic mass is 35.5. The van der Waals surface area contributed by atoms with Crippen LogP contribution in [0.3, 0.4) is 0 Å². The van der Waals surface area contributed by atoms with Crippen LogP contribution in [0.15, 0.2) is 30.3 Å². The lowest BCUT2D eigenvalue weighted by Crippen LogP contribution is -2.34. The normalized spacial score (nSPS) is 13.2. The number of esters is 1. The maximum atomic E-state index is 14.5. The van der Waals surface area contributed by atoms with E-state index in [2.05, 4.69) is 0 Å². The smallest absolute Gasteiger partial charge is 0.343 e. The van der Waals surface area contributed by atoms with Gasteiger partial charge in [0.1, 0.15) is 17.9 Å². The molecule has 2 aromatic rings. The molecule has 1 aliphatic heterocycles. The molecular formula is C18H17ClFNO3. The number of methoxy groups -OCH3 is 1. The van der Waals surface area contributed by atoms with Gasteiger partial charge in [-0.25, -0.2) is 9.18 Å². The lowest BCUT2D eigenvalue weighted by molar-refractivity contribution is 0.0595. The molecule has 1 aliphatic rings. The van der Waals surface area contributed by atoms with Crippen molar-refractivity contribution >= 4 is 23.3 Å². The van der Waals surface area contributed by atoms with E-state index in [-0.39, 0.29) is 10.6 Å². The third-order valence-electron chi connectivity index (χ3n) is 3.98. The van der Waals surface area contributed by atoms with Gasteiger partial charge < -0.3 is 14.4 Å².